The second-order valence-electron chi connectivity index (χ2n) is 3.11. The lowest BCUT2D eigenvalue weighted by atomic mass is 10.2. The maximum Gasteiger partial charge on any atom is 0.147 e. The molecule has 0 unspecified atom stereocenters. The molecule has 2 aromatic rings. The molecule has 0 saturated heterocycles. The minimum atomic E-state index is -0.141. The molecule has 1 nitrogen and oxygen atoms in total. The van der Waals surface area contributed by atoms with Gasteiger partial charge in [-0.3, -0.25) is 0 Å². The summed E-state index contributed by atoms with van der Waals surface area (Å²) in [5.74, 6) is -0.141. The highest BCUT2D eigenvalue weighted by molar-refractivity contribution is 5.81. The van der Waals surface area contributed by atoms with E-state index in [1.807, 2.05) is 32.3 Å². The number of fused-ring (bicyclic) bond motifs is 1. The fourth-order valence-corrected chi connectivity index (χ4v) is 1.53. The summed E-state index contributed by atoms with van der Waals surface area (Å²) in [6.07, 6.45) is 1.87. The van der Waals surface area contributed by atoms with Gasteiger partial charge in [0.2, 0.25) is 0 Å². The maximum absolute atomic E-state index is 13.3. The number of benzene rings is 1. The van der Waals surface area contributed by atoms with Crippen molar-refractivity contribution in [2.75, 3.05) is 0 Å². The lowest BCUT2D eigenvalue weighted by Crippen LogP contribution is -1.88. The van der Waals surface area contributed by atoms with E-state index in [4.69, 9.17) is 0 Å². The summed E-state index contributed by atoms with van der Waals surface area (Å²) in [4.78, 5) is 0. The summed E-state index contributed by atoms with van der Waals surface area (Å²) >= 11 is 0. The third-order valence-electron chi connectivity index (χ3n) is 2.07. The number of hydrogen-bond donors (Lipinski definition) is 0. The van der Waals surface area contributed by atoms with Crippen LogP contribution in [0.3, 0.4) is 0 Å². The Bertz CT molecular complexity index is 429. The highest BCUT2D eigenvalue weighted by Crippen LogP contribution is 2.19. The van der Waals surface area contributed by atoms with Gasteiger partial charge in [-0.15, -0.1) is 0 Å². The summed E-state index contributed by atoms with van der Waals surface area (Å²) in [5.41, 5.74) is 1.65. The van der Waals surface area contributed by atoms with E-state index in [9.17, 15) is 4.39 Å². The van der Waals surface area contributed by atoms with Crippen LogP contribution in [0.2, 0.25) is 0 Å². The van der Waals surface area contributed by atoms with Gasteiger partial charge in [-0.05, 0) is 30.7 Å². The summed E-state index contributed by atoms with van der Waals surface area (Å²) in [6.45, 7) is 1.90. The van der Waals surface area contributed by atoms with Gasteiger partial charge < -0.3 is 4.57 Å². The average Bonchev–Trinajstić information content (AvgIpc) is 2.31. The van der Waals surface area contributed by atoms with Crippen molar-refractivity contribution in [3.05, 3.63) is 35.8 Å². The van der Waals surface area contributed by atoms with E-state index >= 15 is 0 Å². The number of nitrogens with zero attached hydrogens (tertiary/aromatic N) is 1. The van der Waals surface area contributed by atoms with E-state index in [1.54, 1.807) is 10.6 Å². The fourth-order valence-electron chi connectivity index (χ4n) is 1.53. The Labute approximate surface area is 70.4 Å². The molecule has 0 radical (unpaired) electrons. The SMILES string of the molecule is Cc1cc(F)c2c(ccn2C)c1. The smallest absolute Gasteiger partial charge is 0.147 e. The standard InChI is InChI=1S/C10H10FN/c1-7-5-8-3-4-12(2)10(8)9(11)6-7/h3-6H,1-2H3. The molecule has 1 heterocycles. The normalized spacial score (nSPS) is 10.9. The second kappa shape index (κ2) is 2.34. The predicted octanol–water partition coefficient (Wildman–Crippen LogP) is 2.63. The maximum atomic E-state index is 13.3. The van der Waals surface area contributed by atoms with Crippen molar-refractivity contribution in [3.8, 4) is 0 Å². The molecule has 0 aliphatic heterocycles. The number of aryl methyl sites for hydroxylation is 2. The first-order valence-corrected chi connectivity index (χ1v) is 3.89. The fraction of sp³-hybridized carbons (Fsp3) is 0.200. The molecule has 1 aromatic heterocycles. The van der Waals surface area contributed by atoms with Gasteiger partial charge in [-0.1, -0.05) is 0 Å². The zero-order valence-corrected chi connectivity index (χ0v) is 7.13. The van der Waals surface area contributed by atoms with Crippen molar-refractivity contribution in [2.24, 2.45) is 7.05 Å². The van der Waals surface area contributed by atoms with Crippen LogP contribution in [0.1, 0.15) is 5.56 Å². The van der Waals surface area contributed by atoms with Gasteiger partial charge in [0.25, 0.3) is 0 Å². The third-order valence-corrected chi connectivity index (χ3v) is 2.07. The van der Waals surface area contributed by atoms with Crippen molar-refractivity contribution < 1.29 is 4.39 Å². The molecule has 1 aromatic carbocycles. The van der Waals surface area contributed by atoms with Crippen LogP contribution in [0.15, 0.2) is 24.4 Å². The highest BCUT2D eigenvalue weighted by Gasteiger charge is 2.04. The molecule has 0 aliphatic rings. The lowest BCUT2D eigenvalue weighted by molar-refractivity contribution is 0.631. The topological polar surface area (TPSA) is 4.93 Å². The van der Waals surface area contributed by atoms with Crippen LogP contribution in [-0.2, 0) is 7.05 Å². The van der Waals surface area contributed by atoms with E-state index in [-0.39, 0.29) is 5.82 Å². The zero-order chi connectivity index (χ0) is 8.72. The van der Waals surface area contributed by atoms with E-state index in [0.29, 0.717) is 5.52 Å². The third kappa shape index (κ3) is 0.916. The molecule has 0 fully saturated rings. The first kappa shape index (κ1) is 7.35. The lowest BCUT2D eigenvalue weighted by Gasteiger charge is -1.99. The molecule has 2 rings (SSSR count). The van der Waals surface area contributed by atoms with Crippen LogP contribution < -0.4 is 0 Å². The van der Waals surface area contributed by atoms with E-state index in [2.05, 4.69) is 0 Å². The van der Waals surface area contributed by atoms with Crippen LogP contribution in [0.4, 0.5) is 4.39 Å². The van der Waals surface area contributed by atoms with E-state index in [0.717, 1.165) is 10.9 Å². The van der Waals surface area contributed by atoms with Crippen LogP contribution in [0, 0.1) is 12.7 Å². The first-order chi connectivity index (χ1) is 5.68. The van der Waals surface area contributed by atoms with Gasteiger partial charge >= 0.3 is 0 Å². The van der Waals surface area contributed by atoms with Gasteiger partial charge in [0, 0.05) is 18.6 Å². The number of halogens is 1. The van der Waals surface area contributed by atoms with Gasteiger partial charge in [0.05, 0.1) is 5.52 Å². The Morgan fingerprint density at radius 1 is 1.33 bits per heavy atom. The van der Waals surface area contributed by atoms with Gasteiger partial charge in [-0.2, -0.15) is 0 Å². The Kier molecular flexibility index (Phi) is 1.43. The Balaban J connectivity index is 2.93. The molecule has 0 spiro atoms. The minimum Gasteiger partial charge on any atom is -0.348 e. The zero-order valence-electron chi connectivity index (χ0n) is 7.13. The quantitative estimate of drug-likeness (QED) is 0.562. The Morgan fingerprint density at radius 2 is 2.08 bits per heavy atom. The summed E-state index contributed by atoms with van der Waals surface area (Å²) in [5, 5.41) is 0.968. The molecular weight excluding hydrogens is 153 g/mol. The van der Waals surface area contributed by atoms with Crippen molar-refractivity contribution in [1.82, 2.24) is 4.57 Å². The van der Waals surface area contributed by atoms with Crippen LogP contribution in [-0.4, -0.2) is 4.57 Å². The first-order valence-electron chi connectivity index (χ1n) is 3.89. The van der Waals surface area contributed by atoms with Gasteiger partial charge in [0.1, 0.15) is 5.82 Å². The second-order valence-corrected chi connectivity index (χ2v) is 3.11. The summed E-state index contributed by atoms with van der Waals surface area (Å²) < 4.78 is 15.1. The van der Waals surface area contributed by atoms with E-state index in [1.165, 1.54) is 0 Å². The summed E-state index contributed by atoms with van der Waals surface area (Å²) in [7, 11) is 1.85. The molecular formula is C10H10FN. The Morgan fingerprint density at radius 3 is 2.83 bits per heavy atom. The largest absolute Gasteiger partial charge is 0.348 e. The summed E-state index contributed by atoms with van der Waals surface area (Å²) in [6, 6.07) is 5.46. The molecule has 62 valence electrons. The minimum absolute atomic E-state index is 0.141. The average molecular weight is 163 g/mol. The highest BCUT2D eigenvalue weighted by atomic mass is 19.1. The molecule has 0 N–H and O–H groups in total. The van der Waals surface area contributed by atoms with Crippen molar-refractivity contribution in [1.29, 1.82) is 0 Å². The molecule has 0 atom stereocenters. The number of aromatic nitrogens is 1. The Hall–Kier alpha value is -1.31. The monoisotopic (exact) mass is 163 g/mol. The van der Waals surface area contributed by atoms with Crippen LogP contribution >= 0.6 is 0 Å². The van der Waals surface area contributed by atoms with Crippen molar-refractivity contribution >= 4 is 10.9 Å². The van der Waals surface area contributed by atoms with Crippen LogP contribution in [0.25, 0.3) is 10.9 Å². The van der Waals surface area contributed by atoms with Crippen molar-refractivity contribution in [3.63, 3.8) is 0 Å². The predicted molar refractivity (Wildman–Crippen MR) is 47.6 cm³/mol. The molecule has 0 bridgehead atoms. The molecule has 0 saturated carbocycles. The van der Waals surface area contributed by atoms with Gasteiger partial charge in [0.15, 0.2) is 0 Å². The number of rotatable bonds is 0. The molecule has 0 aliphatic carbocycles. The van der Waals surface area contributed by atoms with E-state index < -0.39 is 0 Å². The molecule has 12 heavy (non-hydrogen) atoms. The van der Waals surface area contributed by atoms with Gasteiger partial charge in [-0.25, -0.2) is 4.39 Å². The van der Waals surface area contributed by atoms with Crippen LogP contribution in [0.5, 0.6) is 0 Å². The molecule has 2 heteroatoms. The number of hydrogen-bond acceptors (Lipinski definition) is 0. The molecule has 0 amide bonds. The van der Waals surface area contributed by atoms with Crippen molar-refractivity contribution in [2.45, 2.75) is 6.92 Å².